The van der Waals surface area contributed by atoms with Crippen molar-refractivity contribution in [3.05, 3.63) is 0 Å². The summed E-state index contributed by atoms with van der Waals surface area (Å²) in [5, 5.41) is 3.20. The monoisotopic (exact) mass is 297 g/mol. The highest BCUT2D eigenvalue weighted by atomic mass is 16.5. The van der Waals surface area contributed by atoms with Crippen molar-refractivity contribution in [3.8, 4) is 0 Å². The lowest BCUT2D eigenvalue weighted by molar-refractivity contribution is -0.128. The van der Waals surface area contributed by atoms with Crippen LogP contribution in [0, 0.1) is 0 Å². The van der Waals surface area contributed by atoms with Crippen LogP contribution in [0.2, 0.25) is 0 Å². The average Bonchev–Trinajstić information content (AvgIpc) is 2.50. The van der Waals surface area contributed by atoms with Crippen molar-refractivity contribution in [2.24, 2.45) is 5.73 Å². The first kappa shape index (κ1) is 16.7. The SMILES string of the molecule is COCCCN1CCC(NC(=O)C2(N)CCCCC2)CC1. The van der Waals surface area contributed by atoms with Gasteiger partial charge in [-0.15, -0.1) is 0 Å². The molecule has 1 saturated carbocycles. The molecule has 1 saturated heterocycles. The summed E-state index contributed by atoms with van der Waals surface area (Å²) in [4.78, 5) is 14.9. The summed E-state index contributed by atoms with van der Waals surface area (Å²) in [6, 6.07) is 0.304. The molecule has 0 aromatic carbocycles. The van der Waals surface area contributed by atoms with Crippen LogP contribution in [0.1, 0.15) is 51.4 Å². The molecule has 21 heavy (non-hydrogen) atoms. The second kappa shape index (κ2) is 8.11. The Kier molecular flexibility index (Phi) is 6.45. The van der Waals surface area contributed by atoms with Crippen LogP contribution in [0.4, 0.5) is 0 Å². The molecule has 3 N–H and O–H groups in total. The van der Waals surface area contributed by atoms with E-state index in [-0.39, 0.29) is 5.91 Å². The number of carbonyl (C=O) groups excluding carboxylic acids is 1. The van der Waals surface area contributed by atoms with Gasteiger partial charge in [0.05, 0.1) is 5.54 Å². The summed E-state index contributed by atoms with van der Waals surface area (Å²) < 4.78 is 5.09. The third kappa shape index (κ3) is 4.94. The minimum Gasteiger partial charge on any atom is -0.385 e. The quantitative estimate of drug-likeness (QED) is 0.724. The first-order valence-corrected chi connectivity index (χ1v) is 8.45. The van der Waals surface area contributed by atoms with Gasteiger partial charge in [-0.3, -0.25) is 4.79 Å². The Bertz CT molecular complexity index is 321. The fourth-order valence-electron chi connectivity index (χ4n) is 3.47. The molecule has 0 atom stereocenters. The van der Waals surface area contributed by atoms with E-state index in [1.165, 1.54) is 6.42 Å². The smallest absolute Gasteiger partial charge is 0.240 e. The average molecular weight is 297 g/mol. The van der Waals surface area contributed by atoms with Crippen LogP contribution in [0.5, 0.6) is 0 Å². The first-order valence-electron chi connectivity index (χ1n) is 8.45. The molecule has 5 nitrogen and oxygen atoms in total. The molecule has 0 spiro atoms. The van der Waals surface area contributed by atoms with Gasteiger partial charge in [0.1, 0.15) is 0 Å². The number of nitrogens with zero attached hydrogens (tertiary/aromatic N) is 1. The maximum Gasteiger partial charge on any atom is 0.240 e. The van der Waals surface area contributed by atoms with E-state index in [2.05, 4.69) is 10.2 Å². The third-order valence-electron chi connectivity index (χ3n) is 4.94. The minimum atomic E-state index is -0.603. The van der Waals surface area contributed by atoms with E-state index in [0.717, 1.165) is 71.2 Å². The van der Waals surface area contributed by atoms with Crippen LogP contribution in [0.15, 0.2) is 0 Å². The summed E-state index contributed by atoms with van der Waals surface area (Å²) in [6.45, 7) is 4.04. The Balaban J connectivity index is 1.69. The highest BCUT2D eigenvalue weighted by Gasteiger charge is 2.36. The second-order valence-electron chi connectivity index (χ2n) is 6.65. The van der Waals surface area contributed by atoms with E-state index < -0.39 is 5.54 Å². The van der Waals surface area contributed by atoms with Gasteiger partial charge in [-0.1, -0.05) is 19.3 Å². The van der Waals surface area contributed by atoms with Crippen LogP contribution in [0.25, 0.3) is 0 Å². The number of rotatable bonds is 6. The number of methoxy groups -OCH3 is 1. The zero-order valence-electron chi connectivity index (χ0n) is 13.4. The van der Waals surface area contributed by atoms with E-state index in [9.17, 15) is 4.79 Å². The van der Waals surface area contributed by atoms with E-state index in [1.54, 1.807) is 7.11 Å². The van der Waals surface area contributed by atoms with Crippen molar-refractivity contribution in [2.45, 2.75) is 62.9 Å². The molecule has 0 aromatic heterocycles. The molecule has 1 aliphatic carbocycles. The molecule has 122 valence electrons. The molecule has 0 unspecified atom stereocenters. The lowest BCUT2D eigenvalue weighted by atomic mass is 9.81. The molecule has 2 rings (SSSR count). The molecule has 2 aliphatic rings. The largest absolute Gasteiger partial charge is 0.385 e. The van der Waals surface area contributed by atoms with E-state index >= 15 is 0 Å². The van der Waals surface area contributed by atoms with Crippen molar-refractivity contribution in [1.82, 2.24) is 10.2 Å². The summed E-state index contributed by atoms with van der Waals surface area (Å²) >= 11 is 0. The number of nitrogens with two attached hydrogens (primary N) is 1. The second-order valence-corrected chi connectivity index (χ2v) is 6.65. The van der Waals surface area contributed by atoms with Gasteiger partial charge in [0.25, 0.3) is 0 Å². The molecule has 0 radical (unpaired) electrons. The highest BCUT2D eigenvalue weighted by Crippen LogP contribution is 2.26. The lowest BCUT2D eigenvalue weighted by Gasteiger charge is -2.36. The molecule has 1 amide bonds. The van der Waals surface area contributed by atoms with Crippen LogP contribution >= 0.6 is 0 Å². The van der Waals surface area contributed by atoms with E-state index in [4.69, 9.17) is 10.5 Å². The molecule has 1 aliphatic heterocycles. The highest BCUT2D eigenvalue weighted by molar-refractivity contribution is 5.86. The Morgan fingerprint density at radius 2 is 1.95 bits per heavy atom. The summed E-state index contributed by atoms with van der Waals surface area (Å²) in [7, 11) is 1.75. The first-order chi connectivity index (χ1) is 10.1. The number of piperidine rings is 1. The summed E-state index contributed by atoms with van der Waals surface area (Å²) in [5.41, 5.74) is 5.69. The third-order valence-corrected chi connectivity index (χ3v) is 4.94. The fraction of sp³-hybridized carbons (Fsp3) is 0.938. The number of amides is 1. The van der Waals surface area contributed by atoms with Crippen molar-refractivity contribution < 1.29 is 9.53 Å². The minimum absolute atomic E-state index is 0.0834. The number of hydrogen-bond acceptors (Lipinski definition) is 4. The Hall–Kier alpha value is -0.650. The Labute approximate surface area is 128 Å². The zero-order chi connectivity index (χ0) is 15.1. The normalized spacial score (nSPS) is 23.9. The van der Waals surface area contributed by atoms with Crippen LogP contribution in [0.3, 0.4) is 0 Å². The molecule has 0 aromatic rings. The maximum atomic E-state index is 12.4. The lowest BCUT2D eigenvalue weighted by Crippen LogP contribution is -2.58. The van der Waals surface area contributed by atoms with Crippen molar-refractivity contribution in [2.75, 3.05) is 33.4 Å². The zero-order valence-corrected chi connectivity index (χ0v) is 13.4. The molecular formula is C16H31N3O2. The van der Waals surface area contributed by atoms with Gasteiger partial charge in [0.2, 0.25) is 5.91 Å². The maximum absolute atomic E-state index is 12.4. The number of likely N-dealkylation sites (tertiary alicyclic amines) is 1. The summed E-state index contributed by atoms with van der Waals surface area (Å²) in [5.74, 6) is 0.0834. The number of nitrogens with one attached hydrogen (secondary N) is 1. The van der Waals surface area contributed by atoms with Gasteiger partial charge in [0.15, 0.2) is 0 Å². The number of carbonyl (C=O) groups is 1. The van der Waals surface area contributed by atoms with Crippen molar-refractivity contribution in [1.29, 1.82) is 0 Å². The Morgan fingerprint density at radius 1 is 1.29 bits per heavy atom. The van der Waals surface area contributed by atoms with Gasteiger partial charge in [-0.25, -0.2) is 0 Å². The van der Waals surface area contributed by atoms with Crippen molar-refractivity contribution >= 4 is 5.91 Å². The summed E-state index contributed by atoms with van der Waals surface area (Å²) in [6.07, 6.45) is 8.22. The number of ether oxygens (including phenoxy) is 1. The van der Waals surface area contributed by atoms with Crippen molar-refractivity contribution in [3.63, 3.8) is 0 Å². The molecule has 1 heterocycles. The van der Waals surface area contributed by atoms with Gasteiger partial charge >= 0.3 is 0 Å². The van der Waals surface area contributed by atoms with Gasteiger partial charge in [-0.05, 0) is 32.1 Å². The van der Waals surface area contributed by atoms with Gasteiger partial charge < -0.3 is 20.7 Å². The van der Waals surface area contributed by atoms with Gasteiger partial charge in [0, 0.05) is 39.4 Å². The molecule has 0 bridgehead atoms. The van der Waals surface area contributed by atoms with E-state index in [1.807, 2.05) is 0 Å². The molecule has 5 heteroatoms. The standard InChI is InChI=1S/C16H31N3O2/c1-21-13-5-10-19-11-6-14(7-12-19)18-15(20)16(17)8-3-2-4-9-16/h14H,2-13,17H2,1H3,(H,18,20). The van der Waals surface area contributed by atoms with Crippen LogP contribution in [-0.4, -0.2) is 55.7 Å². The van der Waals surface area contributed by atoms with Crippen LogP contribution in [-0.2, 0) is 9.53 Å². The predicted octanol–water partition coefficient (Wildman–Crippen LogP) is 1.27. The van der Waals surface area contributed by atoms with Gasteiger partial charge in [-0.2, -0.15) is 0 Å². The fourth-order valence-corrected chi connectivity index (χ4v) is 3.47. The van der Waals surface area contributed by atoms with E-state index in [0.29, 0.717) is 6.04 Å². The Morgan fingerprint density at radius 3 is 2.57 bits per heavy atom. The molecular weight excluding hydrogens is 266 g/mol. The topological polar surface area (TPSA) is 67.6 Å². The number of hydrogen-bond donors (Lipinski definition) is 2. The van der Waals surface area contributed by atoms with Crippen LogP contribution < -0.4 is 11.1 Å². The predicted molar refractivity (Wildman–Crippen MR) is 84.1 cm³/mol. The molecule has 2 fully saturated rings.